The Morgan fingerprint density at radius 2 is 1.86 bits per heavy atom. The maximum atomic E-state index is 12.6. The van der Waals surface area contributed by atoms with Crippen molar-refractivity contribution in [3.63, 3.8) is 0 Å². The highest BCUT2D eigenvalue weighted by molar-refractivity contribution is 6.31. The van der Waals surface area contributed by atoms with Crippen LogP contribution in [0.25, 0.3) is 11.7 Å². The number of hydrogen-bond donors (Lipinski definition) is 0. The smallest absolute Gasteiger partial charge is 0.246 e. The molecule has 1 fully saturated rings. The van der Waals surface area contributed by atoms with Gasteiger partial charge in [-0.25, -0.2) is 4.98 Å². The lowest BCUT2D eigenvalue weighted by Crippen LogP contribution is -2.48. The van der Waals surface area contributed by atoms with Crippen LogP contribution in [0.2, 0.25) is 5.15 Å². The van der Waals surface area contributed by atoms with Crippen molar-refractivity contribution < 1.29 is 9.53 Å². The summed E-state index contributed by atoms with van der Waals surface area (Å²) in [6, 6.07) is 13.7. The van der Waals surface area contributed by atoms with Crippen LogP contribution in [0.1, 0.15) is 5.69 Å². The maximum absolute atomic E-state index is 12.6. The van der Waals surface area contributed by atoms with E-state index >= 15 is 0 Å². The summed E-state index contributed by atoms with van der Waals surface area (Å²) in [4.78, 5) is 21.0. The monoisotopic (exact) mass is 396 g/mol. The van der Waals surface area contributed by atoms with E-state index in [0.717, 1.165) is 30.2 Å². The first-order valence-corrected chi connectivity index (χ1v) is 9.52. The Kier molecular flexibility index (Phi) is 5.21. The number of methoxy groups -OCH3 is 1. The van der Waals surface area contributed by atoms with Crippen molar-refractivity contribution in [2.75, 3.05) is 38.2 Å². The Hall–Kier alpha value is -2.99. The van der Waals surface area contributed by atoms with Gasteiger partial charge in [0.25, 0.3) is 0 Å². The molecule has 28 heavy (non-hydrogen) atoms. The Bertz CT molecular complexity index is 1000. The molecule has 4 rings (SSSR count). The van der Waals surface area contributed by atoms with Gasteiger partial charge in [-0.3, -0.25) is 9.20 Å². The second-order valence-corrected chi connectivity index (χ2v) is 6.92. The van der Waals surface area contributed by atoms with E-state index in [2.05, 4.69) is 9.88 Å². The van der Waals surface area contributed by atoms with Gasteiger partial charge < -0.3 is 14.5 Å². The fourth-order valence-corrected chi connectivity index (χ4v) is 3.61. The molecule has 144 valence electrons. The van der Waals surface area contributed by atoms with E-state index in [0.29, 0.717) is 23.9 Å². The number of imidazole rings is 1. The van der Waals surface area contributed by atoms with Gasteiger partial charge >= 0.3 is 0 Å². The zero-order chi connectivity index (χ0) is 19.5. The first-order valence-electron chi connectivity index (χ1n) is 9.14. The molecular formula is C21H21ClN4O2. The third-order valence-corrected chi connectivity index (χ3v) is 5.21. The molecular weight excluding hydrogens is 376 g/mol. The summed E-state index contributed by atoms with van der Waals surface area (Å²) in [7, 11) is 1.66. The van der Waals surface area contributed by atoms with Crippen LogP contribution in [0.4, 0.5) is 5.69 Å². The summed E-state index contributed by atoms with van der Waals surface area (Å²) in [5, 5.41) is 0.388. The standard InChI is InChI=1S/C21H21ClN4O2/c1-28-17-7-5-16(6-8-17)24-12-14-25(15-13-24)20(27)10-9-18-21(22)23-19-4-2-3-11-26(18)19/h2-11H,12-15H2,1H3. The Morgan fingerprint density at radius 3 is 2.57 bits per heavy atom. The number of aromatic nitrogens is 2. The number of pyridine rings is 1. The fraction of sp³-hybridized carbons (Fsp3) is 0.238. The molecule has 7 heteroatoms. The first-order chi connectivity index (χ1) is 13.7. The predicted octanol–water partition coefficient (Wildman–Crippen LogP) is 3.36. The summed E-state index contributed by atoms with van der Waals surface area (Å²) < 4.78 is 7.07. The Morgan fingerprint density at radius 1 is 1.11 bits per heavy atom. The van der Waals surface area contributed by atoms with Gasteiger partial charge in [0.05, 0.1) is 12.8 Å². The highest BCUT2D eigenvalue weighted by atomic mass is 35.5. The van der Waals surface area contributed by atoms with Gasteiger partial charge in [0.1, 0.15) is 11.4 Å². The number of benzene rings is 1. The van der Waals surface area contributed by atoms with Crippen molar-refractivity contribution >= 4 is 34.9 Å². The van der Waals surface area contributed by atoms with E-state index in [4.69, 9.17) is 16.3 Å². The van der Waals surface area contributed by atoms with Crippen LogP contribution in [0, 0.1) is 0 Å². The molecule has 0 saturated carbocycles. The molecule has 0 atom stereocenters. The number of anilines is 1. The molecule has 1 amide bonds. The minimum atomic E-state index is -0.0173. The lowest BCUT2D eigenvalue weighted by Gasteiger charge is -2.35. The molecule has 0 bridgehead atoms. The van der Waals surface area contributed by atoms with Crippen LogP contribution in [-0.4, -0.2) is 53.5 Å². The lowest BCUT2D eigenvalue weighted by atomic mass is 10.2. The average Bonchev–Trinajstić information content (AvgIpc) is 3.07. The number of fused-ring (bicyclic) bond motifs is 1. The van der Waals surface area contributed by atoms with Crippen molar-refractivity contribution in [1.82, 2.24) is 14.3 Å². The molecule has 0 spiro atoms. The summed E-state index contributed by atoms with van der Waals surface area (Å²) in [5.41, 5.74) is 2.61. The minimum absolute atomic E-state index is 0.0173. The third-order valence-electron chi connectivity index (χ3n) is 4.93. The van der Waals surface area contributed by atoms with E-state index in [1.165, 1.54) is 0 Å². The average molecular weight is 397 g/mol. The van der Waals surface area contributed by atoms with Gasteiger partial charge in [-0.15, -0.1) is 0 Å². The van der Waals surface area contributed by atoms with Gasteiger partial charge in [-0.05, 0) is 42.5 Å². The van der Waals surface area contributed by atoms with Crippen molar-refractivity contribution in [1.29, 1.82) is 0 Å². The lowest BCUT2D eigenvalue weighted by molar-refractivity contribution is -0.126. The second kappa shape index (κ2) is 7.94. The third kappa shape index (κ3) is 3.68. The molecule has 1 aliphatic rings. The highest BCUT2D eigenvalue weighted by Gasteiger charge is 2.20. The summed E-state index contributed by atoms with van der Waals surface area (Å²) in [5.74, 6) is 0.824. The topological polar surface area (TPSA) is 50.1 Å². The zero-order valence-electron chi connectivity index (χ0n) is 15.6. The molecule has 3 aromatic rings. The number of amides is 1. The fourth-order valence-electron chi connectivity index (χ4n) is 3.37. The maximum Gasteiger partial charge on any atom is 0.246 e. The molecule has 6 nitrogen and oxygen atoms in total. The number of halogens is 1. The van der Waals surface area contributed by atoms with Crippen molar-refractivity contribution in [3.05, 3.63) is 65.6 Å². The molecule has 0 radical (unpaired) electrons. The quantitative estimate of drug-likeness (QED) is 0.634. The van der Waals surface area contributed by atoms with Crippen LogP contribution < -0.4 is 9.64 Å². The highest BCUT2D eigenvalue weighted by Crippen LogP contribution is 2.21. The van der Waals surface area contributed by atoms with Crippen molar-refractivity contribution in [2.24, 2.45) is 0 Å². The largest absolute Gasteiger partial charge is 0.497 e. The Balaban J connectivity index is 1.39. The SMILES string of the molecule is COc1ccc(N2CCN(C(=O)C=Cc3c(Cl)nc4ccccn34)CC2)cc1. The summed E-state index contributed by atoms with van der Waals surface area (Å²) in [6.45, 7) is 2.94. The molecule has 3 heterocycles. The number of ether oxygens (including phenoxy) is 1. The molecule has 1 aromatic carbocycles. The van der Waals surface area contributed by atoms with E-state index in [1.807, 2.05) is 58.0 Å². The number of nitrogens with zero attached hydrogens (tertiary/aromatic N) is 4. The predicted molar refractivity (Wildman–Crippen MR) is 111 cm³/mol. The van der Waals surface area contributed by atoms with Crippen LogP contribution in [0.5, 0.6) is 5.75 Å². The molecule has 0 N–H and O–H groups in total. The van der Waals surface area contributed by atoms with Crippen molar-refractivity contribution in [2.45, 2.75) is 0 Å². The van der Waals surface area contributed by atoms with E-state index in [9.17, 15) is 4.79 Å². The number of carbonyl (C=O) groups is 1. The summed E-state index contributed by atoms with van der Waals surface area (Å²) in [6.07, 6.45) is 5.19. The normalized spacial score (nSPS) is 14.8. The molecule has 2 aromatic heterocycles. The summed E-state index contributed by atoms with van der Waals surface area (Å²) >= 11 is 6.22. The van der Waals surface area contributed by atoms with Gasteiger partial charge in [0.15, 0.2) is 5.15 Å². The van der Waals surface area contributed by atoms with Gasteiger partial charge in [-0.2, -0.15) is 0 Å². The number of rotatable bonds is 4. The van der Waals surface area contributed by atoms with Gasteiger partial charge in [-0.1, -0.05) is 17.7 Å². The van der Waals surface area contributed by atoms with E-state index < -0.39 is 0 Å². The van der Waals surface area contributed by atoms with Crippen LogP contribution >= 0.6 is 11.6 Å². The Labute approximate surface area is 168 Å². The molecule has 0 unspecified atom stereocenters. The second-order valence-electron chi connectivity index (χ2n) is 6.56. The van der Waals surface area contributed by atoms with Crippen LogP contribution in [0.3, 0.4) is 0 Å². The number of hydrogen-bond acceptors (Lipinski definition) is 4. The van der Waals surface area contributed by atoms with E-state index in [-0.39, 0.29) is 5.91 Å². The van der Waals surface area contributed by atoms with Gasteiger partial charge in [0.2, 0.25) is 5.91 Å². The number of piperazine rings is 1. The minimum Gasteiger partial charge on any atom is -0.497 e. The molecule has 0 aliphatic carbocycles. The van der Waals surface area contributed by atoms with Crippen molar-refractivity contribution in [3.8, 4) is 5.75 Å². The van der Waals surface area contributed by atoms with Gasteiger partial charge in [0, 0.05) is 44.1 Å². The first kappa shape index (κ1) is 18.4. The number of carbonyl (C=O) groups excluding carboxylic acids is 1. The molecule has 1 aliphatic heterocycles. The van der Waals surface area contributed by atoms with Crippen LogP contribution in [-0.2, 0) is 4.79 Å². The van der Waals surface area contributed by atoms with E-state index in [1.54, 1.807) is 19.3 Å². The zero-order valence-corrected chi connectivity index (χ0v) is 16.3. The molecule has 1 saturated heterocycles. The van der Waals surface area contributed by atoms with Crippen LogP contribution in [0.15, 0.2) is 54.7 Å².